The van der Waals surface area contributed by atoms with Crippen LogP contribution in [0.15, 0.2) is 17.1 Å². The molecular formula is C18H27IN4O4. The van der Waals surface area contributed by atoms with Gasteiger partial charge in [-0.05, 0) is 25.2 Å². The Kier molecular flexibility index (Phi) is 7.63. The molecule has 4 atom stereocenters. The van der Waals surface area contributed by atoms with Crippen molar-refractivity contribution in [3.05, 3.63) is 12.2 Å². The summed E-state index contributed by atoms with van der Waals surface area (Å²) in [5.41, 5.74) is 0. The number of allylic oxidation sites excluding steroid dienone is 2. The standard InChI is InChI=1S/C18H26N4O4.HI/c1-3-19-18(20-7-6-13(23)26-2)21-8-9-22-16(24)14-11-4-5-12(10-11)15(14)17(22)25;/h4-5,11-12,14-15H,3,6-10H2,1-2H3,(H2,19,20,21);1H. The minimum atomic E-state index is -0.312. The summed E-state index contributed by atoms with van der Waals surface area (Å²) in [4.78, 5) is 42.1. The van der Waals surface area contributed by atoms with Crippen LogP contribution in [0.5, 0.6) is 0 Å². The molecule has 3 rings (SSSR count). The van der Waals surface area contributed by atoms with Crippen molar-refractivity contribution < 1.29 is 19.1 Å². The number of hydrogen-bond donors (Lipinski definition) is 2. The Morgan fingerprint density at radius 3 is 2.41 bits per heavy atom. The third-order valence-electron chi connectivity index (χ3n) is 5.35. The van der Waals surface area contributed by atoms with Gasteiger partial charge in [0.15, 0.2) is 5.96 Å². The lowest BCUT2D eigenvalue weighted by Gasteiger charge is -2.18. The molecule has 0 aromatic heterocycles. The summed E-state index contributed by atoms with van der Waals surface area (Å²) >= 11 is 0. The van der Waals surface area contributed by atoms with Crippen molar-refractivity contribution in [2.24, 2.45) is 28.7 Å². The molecule has 1 aliphatic heterocycles. The molecule has 1 heterocycles. The maximum absolute atomic E-state index is 12.6. The van der Waals surface area contributed by atoms with E-state index in [1.165, 1.54) is 12.0 Å². The Morgan fingerprint density at radius 2 is 1.85 bits per heavy atom. The number of carbonyl (C=O) groups is 3. The van der Waals surface area contributed by atoms with E-state index in [1.807, 2.05) is 6.92 Å². The Bertz CT molecular complexity index is 621. The van der Waals surface area contributed by atoms with E-state index in [-0.39, 0.29) is 71.9 Å². The second-order valence-electron chi connectivity index (χ2n) is 6.84. The zero-order chi connectivity index (χ0) is 18.7. The fraction of sp³-hybridized carbons (Fsp3) is 0.667. The van der Waals surface area contributed by atoms with E-state index in [1.54, 1.807) is 0 Å². The summed E-state index contributed by atoms with van der Waals surface area (Å²) in [5, 5.41) is 6.18. The van der Waals surface area contributed by atoms with Crippen molar-refractivity contribution >= 4 is 47.7 Å². The predicted octanol–water partition coefficient (Wildman–Crippen LogP) is 0.530. The molecular weight excluding hydrogens is 463 g/mol. The van der Waals surface area contributed by atoms with E-state index >= 15 is 0 Å². The molecule has 3 aliphatic rings. The summed E-state index contributed by atoms with van der Waals surface area (Å²) in [5.74, 6) is 0.328. The van der Waals surface area contributed by atoms with Crippen LogP contribution in [0.3, 0.4) is 0 Å². The molecule has 0 spiro atoms. The molecule has 0 aromatic carbocycles. The van der Waals surface area contributed by atoms with Crippen LogP contribution in [0.25, 0.3) is 0 Å². The lowest BCUT2D eigenvalue weighted by molar-refractivity contribution is -0.141. The van der Waals surface area contributed by atoms with Crippen LogP contribution in [0.1, 0.15) is 19.8 Å². The van der Waals surface area contributed by atoms with Gasteiger partial charge in [0.05, 0.1) is 31.9 Å². The van der Waals surface area contributed by atoms with Crippen LogP contribution in [0, 0.1) is 23.7 Å². The van der Waals surface area contributed by atoms with Crippen molar-refractivity contribution in [2.45, 2.75) is 19.8 Å². The smallest absolute Gasteiger partial charge is 0.307 e. The number of ether oxygens (including phenoxy) is 1. The van der Waals surface area contributed by atoms with Crippen LogP contribution in [0.2, 0.25) is 0 Å². The molecule has 0 aromatic rings. The number of methoxy groups -OCH3 is 1. The third-order valence-corrected chi connectivity index (χ3v) is 5.35. The summed E-state index contributed by atoms with van der Waals surface area (Å²) in [6.45, 7) is 3.66. The van der Waals surface area contributed by atoms with Gasteiger partial charge in [0.25, 0.3) is 0 Å². The number of likely N-dealkylation sites (tertiary alicyclic amines) is 1. The second-order valence-corrected chi connectivity index (χ2v) is 6.84. The monoisotopic (exact) mass is 490 g/mol. The normalized spacial score (nSPS) is 28.2. The number of esters is 1. The SMILES string of the molecule is CCNC(=NCCC(=O)OC)NCCN1C(=O)C2C3C=CC(C3)C2C1=O.I. The maximum atomic E-state index is 12.6. The van der Waals surface area contributed by atoms with Crippen molar-refractivity contribution in [1.82, 2.24) is 15.5 Å². The molecule has 2 fully saturated rings. The fourth-order valence-electron chi connectivity index (χ4n) is 4.17. The highest BCUT2D eigenvalue weighted by atomic mass is 127. The predicted molar refractivity (Wildman–Crippen MR) is 110 cm³/mol. The van der Waals surface area contributed by atoms with Crippen molar-refractivity contribution in [2.75, 3.05) is 33.3 Å². The average Bonchev–Trinajstić information content (AvgIpc) is 3.30. The third kappa shape index (κ3) is 4.44. The van der Waals surface area contributed by atoms with Gasteiger partial charge in [0.2, 0.25) is 11.8 Å². The number of guanidine groups is 1. The van der Waals surface area contributed by atoms with E-state index in [4.69, 9.17) is 0 Å². The Morgan fingerprint density at radius 1 is 1.22 bits per heavy atom. The zero-order valence-electron chi connectivity index (χ0n) is 15.6. The minimum Gasteiger partial charge on any atom is -0.469 e. The molecule has 150 valence electrons. The minimum absolute atomic E-state index is 0. The molecule has 1 saturated carbocycles. The molecule has 4 unspecified atom stereocenters. The highest BCUT2D eigenvalue weighted by molar-refractivity contribution is 14.0. The molecule has 0 radical (unpaired) electrons. The second kappa shape index (κ2) is 9.52. The van der Waals surface area contributed by atoms with Crippen LogP contribution < -0.4 is 10.6 Å². The Labute approximate surface area is 176 Å². The fourth-order valence-corrected chi connectivity index (χ4v) is 4.17. The van der Waals surface area contributed by atoms with Gasteiger partial charge in [-0.25, -0.2) is 0 Å². The largest absolute Gasteiger partial charge is 0.469 e. The van der Waals surface area contributed by atoms with E-state index in [0.717, 1.165) is 6.42 Å². The highest BCUT2D eigenvalue weighted by Gasteiger charge is 2.58. The molecule has 2 bridgehead atoms. The quantitative estimate of drug-likeness (QED) is 0.135. The van der Waals surface area contributed by atoms with Crippen LogP contribution in [-0.4, -0.2) is 61.9 Å². The number of halogens is 1. The topological polar surface area (TPSA) is 100 Å². The number of nitrogens with one attached hydrogen (secondary N) is 2. The number of carbonyl (C=O) groups excluding carboxylic acids is 3. The number of fused-ring (bicyclic) bond motifs is 5. The highest BCUT2D eigenvalue weighted by Crippen LogP contribution is 2.52. The molecule has 8 nitrogen and oxygen atoms in total. The number of nitrogens with zero attached hydrogens (tertiary/aromatic N) is 2. The van der Waals surface area contributed by atoms with E-state index in [0.29, 0.717) is 32.1 Å². The summed E-state index contributed by atoms with van der Waals surface area (Å²) in [7, 11) is 1.34. The average molecular weight is 490 g/mol. The molecule has 27 heavy (non-hydrogen) atoms. The van der Waals surface area contributed by atoms with Gasteiger partial charge < -0.3 is 15.4 Å². The number of rotatable bonds is 7. The lowest BCUT2D eigenvalue weighted by Crippen LogP contribution is -2.43. The van der Waals surface area contributed by atoms with Crippen molar-refractivity contribution in [3.8, 4) is 0 Å². The molecule has 2 aliphatic carbocycles. The van der Waals surface area contributed by atoms with E-state index < -0.39 is 0 Å². The Balaban J connectivity index is 0.00000261. The molecule has 2 amide bonds. The summed E-state index contributed by atoms with van der Waals surface area (Å²) < 4.78 is 4.59. The van der Waals surface area contributed by atoms with Gasteiger partial charge in [-0.2, -0.15) is 0 Å². The first-order valence-electron chi connectivity index (χ1n) is 9.19. The van der Waals surface area contributed by atoms with Gasteiger partial charge in [-0.1, -0.05) is 12.2 Å². The first kappa shape index (κ1) is 21.6. The molecule has 1 saturated heterocycles. The summed E-state index contributed by atoms with van der Waals surface area (Å²) in [6.07, 6.45) is 5.33. The van der Waals surface area contributed by atoms with E-state index in [9.17, 15) is 14.4 Å². The number of imide groups is 1. The molecule has 9 heteroatoms. The van der Waals surface area contributed by atoms with Crippen LogP contribution >= 0.6 is 24.0 Å². The number of amides is 2. The van der Waals surface area contributed by atoms with Gasteiger partial charge >= 0.3 is 5.97 Å². The zero-order valence-corrected chi connectivity index (χ0v) is 18.0. The van der Waals surface area contributed by atoms with Crippen LogP contribution in [-0.2, 0) is 19.1 Å². The van der Waals surface area contributed by atoms with Gasteiger partial charge in [0, 0.05) is 19.6 Å². The van der Waals surface area contributed by atoms with Gasteiger partial charge in [-0.3, -0.25) is 24.3 Å². The van der Waals surface area contributed by atoms with E-state index in [2.05, 4.69) is 32.5 Å². The van der Waals surface area contributed by atoms with Gasteiger partial charge in [0.1, 0.15) is 0 Å². The van der Waals surface area contributed by atoms with Crippen molar-refractivity contribution in [3.63, 3.8) is 0 Å². The number of hydrogen-bond acceptors (Lipinski definition) is 5. The first-order chi connectivity index (χ1) is 12.6. The first-order valence-corrected chi connectivity index (χ1v) is 9.19. The van der Waals surface area contributed by atoms with Gasteiger partial charge in [-0.15, -0.1) is 24.0 Å². The maximum Gasteiger partial charge on any atom is 0.307 e. The lowest BCUT2D eigenvalue weighted by atomic mass is 9.85. The van der Waals surface area contributed by atoms with Crippen molar-refractivity contribution in [1.29, 1.82) is 0 Å². The number of aliphatic imine (C=N–C) groups is 1. The molecule has 2 N–H and O–H groups in total. The summed E-state index contributed by atoms with van der Waals surface area (Å²) in [6, 6.07) is 0. The van der Waals surface area contributed by atoms with Crippen LogP contribution in [0.4, 0.5) is 0 Å². The Hall–Kier alpha value is -1.65.